The first kappa shape index (κ1) is 14.1. The van der Waals surface area contributed by atoms with E-state index in [2.05, 4.69) is 4.98 Å². The minimum absolute atomic E-state index is 0.0481. The van der Waals surface area contributed by atoms with Gasteiger partial charge in [-0.2, -0.15) is 0 Å². The van der Waals surface area contributed by atoms with Crippen molar-refractivity contribution in [1.29, 1.82) is 0 Å². The number of nitrogens with two attached hydrogens (primary N) is 1. The van der Waals surface area contributed by atoms with Crippen LogP contribution in [0.1, 0.15) is 28.7 Å². The standard InChI is InChI=1S/C16H19N3O/c1-3-19(11-13-7-9-14(17)10-8-13)16(20)15-6-4-5-12(2)18-15/h4-10H,3,11,17H2,1-2H3. The smallest absolute Gasteiger partial charge is 0.272 e. The zero-order valence-electron chi connectivity index (χ0n) is 11.8. The van der Waals surface area contributed by atoms with Crippen LogP contribution in [-0.2, 0) is 6.54 Å². The summed E-state index contributed by atoms with van der Waals surface area (Å²) in [6.07, 6.45) is 0. The summed E-state index contributed by atoms with van der Waals surface area (Å²) in [5.74, 6) is -0.0481. The van der Waals surface area contributed by atoms with Crippen molar-refractivity contribution in [3.8, 4) is 0 Å². The second-order valence-corrected chi connectivity index (χ2v) is 4.73. The van der Waals surface area contributed by atoms with Crippen LogP contribution >= 0.6 is 0 Å². The maximum Gasteiger partial charge on any atom is 0.272 e. The molecular weight excluding hydrogens is 250 g/mol. The normalized spacial score (nSPS) is 10.3. The zero-order chi connectivity index (χ0) is 14.5. The molecule has 1 amide bonds. The molecule has 0 aliphatic heterocycles. The van der Waals surface area contributed by atoms with Crippen LogP contribution < -0.4 is 5.73 Å². The molecule has 0 bridgehead atoms. The molecule has 0 atom stereocenters. The van der Waals surface area contributed by atoms with E-state index in [1.165, 1.54) is 0 Å². The highest BCUT2D eigenvalue weighted by molar-refractivity contribution is 5.92. The minimum atomic E-state index is -0.0481. The van der Waals surface area contributed by atoms with Crippen molar-refractivity contribution in [2.24, 2.45) is 0 Å². The number of hydrogen-bond donors (Lipinski definition) is 1. The lowest BCUT2D eigenvalue weighted by atomic mass is 10.2. The lowest BCUT2D eigenvalue weighted by molar-refractivity contribution is 0.0746. The number of rotatable bonds is 4. The molecule has 0 unspecified atom stereocenters. The number of aromatic nitrogens is 1. The van der Waals surface area contributed by atoms with Gasteiger partial charge in [0, 0.05) is 24.5 Å². The van der Waals surface area contributed by atoms with Crippen LogP contribution in [0.25, 0.3) is 0 Å². The SMILES string of the molecule is CCN(Cc1ccc(N)cc1)C(=O)c1cccc(C)n1. The summed E-state index contributed by atoms with van der Waals surface area (Å²) in [5.41, 5.74) is 8.78. The minimum Gasteiger partial charge on any atom is -0.399 e. The topological polar surface area (TPSA) is 59.2 Å². The van der Waals surface area contributed by atoms with E-state index >= 15 is 0 Å². The number of amides is 1. The Balaban J connectivity index is 2.15. The van der Waals surface area contributed by atoms with Crippen LogP contribution in [-0.4, -0.2) is 22.3 Å². The largest absolute Gasteiger partial charge is 0.399 e. The Kier molecular flexibility index (Phi) is 4.35. The van der Waals surface area contributed by atoms with Crippen LogP contribution in [0.5, 0.6) is 0 Å². The molecule has 0 spiro atoms. The molecule has 1 aromatic carbocycles. The molecule has 4 heteroatoms. The number of aryl methyl sites for hydroxylation is 1. The molecule has 104 valence electrons. The maximum absolute atomic E-state index is 12.4. The molecule has 0 saturated carbocycles. The monoisotopic (exact) mass is 269 g/mol. The van der Waals surface area contributed by atoms with E-state index < -0.39 is 0 Å². The molecular formula is C16H19N3O. The summed E-state index contributed by atoms with van der Waals surface area (Å²) in [7, 11) is 0. The Labute approximate surface area is 119 Å². The third-order valence-electron chi connectivity index (χ3n) is 3.13. The van der Waals surface area contributed by atoms with Crippen molar-refractivity contribution >= 4 is 11.6 Å². The van der Waals surface area contributed by atoms with Crippen molar-refractivity contribution in [3.63, 3.8) is 0 Å². The van der Waals surface area contributed by atoms with Gasteiger partial charge in [0.1, 0.15) is 5.69 Å². The average molecular weight is 269 g/mol. The third-order valence-corrected chi connectivity index (χ3v) is 3.13. The molecule has 20 heavy (non-hydrogen) atoms. The van der Waals surface area contributed by atoms with Gasteiger partial charge in [-0.05, 0) is 43.7 Å². The van der Waals surface area contributed by atoms with Gasteiger partial charge in [-0.25, -0.2) is 4.98 Å². The number of pyridine rings is 1. The molecule has 0 fully saturated rings. The van der Waals surface area contributed by atoms with Crippen LogP contribution in [0.15, 0.2) is 42.5 Å². The van der Waals surface area contributed by atoms with Gasteiger partial charge < -0.3 is 10.6 Å². The number of benzene rings is 1. The van der Waals surface area contributed by atoms with Crippen molar-refractivity contribution < 1.29 is 4.79 Å². The van der Waals surface area contributed by atoms with E-state index in [9.17, 15) is 4.79 Å². The first-order valence-electron chi connectivity index (χ1n) is 6.67. The van der Waals surface area contributed by atoms with Gasteiger partial charge in [0.2, 0.25) is 0 Å². The summed E-state index contributed by atoms with van der Waals surface area (Å²) < 4.78 is 0. The summed E-state index contributed by atoms with van der Waals surface area (Å²) in [4.78, 5) is 18.5. The molecule has 2 rings (SSSR count). The molecule has 0 radical (unpaired) electrons. The Morgan fingerprint density at radius 3 is 2.50 bits per heavy atom. The Hall–Kier alpha value is -2.36. The summed E-state index contributed by atoms with van der Waals surface area (Å²) >= 11 is 0. The van der Waals surface area contributed by atoms with E-state index in [1.54, 1.807) is 11.0 Å². The van der Waals surface area contributed by atoms with Crippen molar-refractivity contribution in [2.45, 2.75) is 20.4 Å². The fourth-order valence-corrected chi connectivity index (χ4v) is 1.99. The molecule has 2 N–H and O–H groups in total. The highest BCUT2D eigenvalue weighted by atomic mass is 16.2. The predicted molar refractivity (Wildman–Crippen MR) is 80.2 cm³/mol. The molecule has 1 heterocycles. The van der Waals surface area contributed by atoms with Crippen LogP contribution in [0, 0.1) is 6.92 Å². The van der Waals surface area contributed by atoms with E-state index in [4.69, 9.17) is 5.73 Å². The fraction of sp³-hybridized carbons (Fsp3) is 0.250. The molecule has 0 aliphatic carbocycles. The predicted octanol–water partition coefficient (Wildman–Crippen LogP) is 2.63. The van der Waals surface area contributed by atoms with Gasteiger partial charge in [-0.15, -0.1) is 0 Å². The van der Waals surface area contributed by atoms with Crippen LogP contribution in [0.4, 0.5) is 5.69 Å². The molecule has 0 saturated heterocycles. The lowest BCUT2D eigenvalue weighted by Crippen LogP contribution is -2.31. The first-order chi connectivity index (χ1) is 9.60. The van der Waals surface area contributed by atoms with Crippen molar-refractivity contribution in [1.82, 2.24) is 9.88 Å². The van der Waals surface area contributed by atoms with Gasteiger partial charge in [-0.3, -0.25) is 4.79 Å². The number of anilines is 1. The number of carbonyl (C=O) groups is 1. The number of nitrogen functional groups attached to an aromatic ring is 1. The third kappa shape index (κ3) is 3.35. The molecule has 0 aliphatic rings. The lowest BCUT2D eigenvalue weighted by Gasteiger charge is -2.20. The number of nitrogens with zero attached hydrogens (tertiary/aromatic N) is 2. The van der Waals surface area contributed by atoms with Gasteiger partial charge >= 0.3 is 0 Å². The highest BCUT2D eigenvalue weighted by Crippen LogP contribution is 2.11. The zero-order valence-corrected chi connectivity index (χ0v) is 11.8. The fourth-order valence-electron chi connectivity index (χ4n) is 1.99. The van der Waals surface area contributed by atoms with E-state index in [1.807, 2.05) is 50.2 Å². The number of hydrogen-bond acceptors (Lipinski definition) is 3. The van der Waals surface area contributed by atoms with E-state index in [0.29, 0.717) is 18.8 Å². The first-order valence-corrected chi connectivity index (χ1v) is 6.67. The summed E-state index contributed by atoms with van der Waals surface area (Å²) in [5, 5.41) is 0. The average Bonchev–Trinajstić information content (AvgIpc) is 2.46. The second-order valence-electron chi connectivity index (χ2n) is 4.73. The van der Waals surface area contributed by atoms with Gasteiger partial charge in [-0.1, -0.05) is 18.2 Å². The van der Waals surface area contributed by atoms with Gasteiger partial charge in [0.15, 0.2) is 0 Å². The summed E-state index contributed by atoms with van der Waals surface area (Å²) in [6, 6.07) is 13.1. The Morgan fingerprint density at radius 2 is 1.90 bits per heavy atom. The van der Waals surface area contributed by atoms with Crippen molar-refractivity contribution in [2.75, 3.05) is 12.3 Å². The van der Waals surface area contributed by atoms with E-state index in [-0.39, 0.29) is 5.91 Å². The van der Waals surface area contributed by atoms with Gasteiger partial charge in [0.05, 0.1) is 0 Å². The van der Waals surface area contributed by atoms with E-state index in [0.717, 1.165) is 16.9 Å². The van der Waals surface area contributed by atoms with Crippen LogP contribution in [0.2, 0.25) is 0 Å². The number of carbonyl (C=O) groups excluding carboxylic acids is 1. The Bertz CT molecular complexity index is 593. The molecule has 2 aromatic rings. The molecule has 1 aromatic heterocycles. The Morgan fingerprint density at radius 1 is 1.20 bits per heavy atom. The second kappa shape index (κ2) is 6.19. The maximum atomic E-state index is 12.4. The summed E-state index contributed by atoms with van der Waals surface area (Å²) in [6.45, 7) is 5.04. The van der Waals surface area contributed by atoms with Crippen LogP contribution in [0.3, 0.4) is 0 Å². The quantitative estimate of drug-likeness (QED) is 0.868. The van der Waals surface area contributed by atoms with Gasteiger partial charge in [0.25, 0.3) is 5.91 Å². The highest BCUT2D eigenvalue weighted by Gasteiger charge is 2.15. The molecule has 4 nitrogen and oxygen atoms in total. The van der Waals surface area contributed by atoms with Crippen molar-refractivity contribution in [3.05, 3.63) is 59.4 Å².